The van der Waals surface area contributed by atoms with Gasteiger partial charge >= 0.3 is 0 Å². The molecule has 0 amide bonds. The summed E-state index contributed by atoms with van der Waals surface area (Å²) in [5.41, 5.74) is 1.84. The molecular formula is C18H20N4O2. The van der Waals surface area contributed by atoms with Crippen molar-refractivity contribution in [2.75, 3.05) is 6.61 Å². The highest BCUT2D eigenvalue weighted by Gasteiger charge is 2.37. The number of aromatic amines is 1. The molecule has 0 atom stereocenters. The first-order valence-corrected chi connectivity index (χ1v) is 8.28. The molecule has 0 radical (unpaired) electrons. The molecule has 0 unspecified atom stereocenters. The number of hydrogen-bond donors (Lipinski definition) is 2. The van der Waals surface area contributed by atoms with Crippen LogP contribution in [-0.2, 0) is 13.0 Å². The van der Waals surface area contributed by atoms with Crippen LogP contribution in [0.1, 0.15) is 30.5 Å². The number of benzene rings is 1. The molecule has 3 aromatic rings. The molecule has 1 aliphatic rings. The predicted octanol–water partition coefficient (Wildman–Crippen LogP) is 1.87. The van der Waals surface area contributed by atoms with E-state index >= 15 is 0 Å². The maximum Gasteiger partial charge on any atom is 0.255 e. The van der Waals surface area contributed by atoms with E-state index < -0.39 is 0 Å². The summed E-state index contributed by atoms with van der Waals surface area (Å²) in [6.07, 6.45) is 7.75. The van der Waals surface area contributed by atoms with Crippen molar-refractivity contribution in [1.82, 2.24) is 20.0 Å². The van der Waals surface area contributed by atoms with Crippen LogP contribution in [0.25, 0.3) is 10.8 Å². The number of H-pyrrole nitrogens is 1. The fraction of sp³-hybridized carbons (Fsp3) is 0.389. The third-order valence-corrected chi connectivity index (χ3v) is 5.12. The maximum atomic E-state index is 11.9. The second-order valence-corrected chi connectivity index (χ2v) is 6.78. The summed E-state index contributed by atoms with van der Waals surface area (Å²) in [6, 6.07) is 7.57. The van der Waals surface area contributed by atoms with E-state index in [4.69, 9.17) is 0 Å². The first kappa shape index (κ1) is 15.1. The summed E-state index contributed by atoms with van der Waals surface area (Å²) in [5.74, 6) is 0. The summed E-state index contributed by atoms with van der Waals surface area (Å²) >= 11 is 0. The molecule has 2 heterocycles. The van der Waals surface area contributed by atoms with Crippen molar-refractivity contribution in [1.29, 1.82) is 0 Å². The lowest BCUT2D eigenvalue weighted by molar-refractivity contribution is 0.0441. The Labute approximate surface area is 139 Å². The van der Waals surface area contributed by atoms with Gasteiger partial charge in [0.15, 0.2) is 0 Å². The third-order valence-electron chi connectivity index (χ3n) is 5.12. The lowest BCUT2D eigenvalue weighted by Gasteiger charge is -2.39. The third kappa shape index (κ3) is 2.63. The fourth-order valence-corrected chi connectivity index (χ4v) is 3.52. The number of nitrogens with one attached hydrogen (secondary N) is 1. The molecule has 1 aromatic carbocycles. The molecule has 6 heteroatoms. The standard InChI is InChI=1S/C18H20N4O2/c23-12-18(6-3-7-18)8-14-11-22(21-20-14)10-13-9-19-17(24)16-5-2-1-4-15(13)16/h1-2,4-5,9,11,23H,3,6-8,10,12H2,(H,19,24). The first-order valence-electron chi connectivity index (χ1n) is 8.28. The minimum atomic E-state index is -0.0801. The van der Waals surface area contributed by atoms with Gasteiger partial charge in [-0.1, -0.05) is 29.8 Å². The monoisotopic (exact) mass is 324 g/mol. The van der Waals surface area contributed by atoms with Gasteiger partial charge in [-0.3, -0.25) is 4.79 Å². The number of rotatable bonds is 5. The molecule has 1 saturated carbocycles. The van der Waals surface area contributed by atoms with E-state index in [9.17, 15) is 9.90 Å². The van der Waals surface area contributed by atoms with E-state index in [-0.39, 0.29) is 17.6 Å². The zero-order chi connectivity index (χ0) is 16.6. The van der Waals surface area contributed by atoms with Gasteiger partial charge in [-0.25, -0.2) is 4.68 Å². The van der Waals surface area contributed by atoms with Crippen LogP contribution in [0.5, 0.6) is 0 Å². The molecule has 0 bridgehead atoms. The smallest absolute Gasteiger partial charge is 0.255 e. The van der Waals surface area contributed by atoms with E-state index in [1.54, 1.807) is 10.9 Å². The summed E-state index contributed by atoms with van der Waals surface area (Å²) in [5, 5.41) is 19.7. The van der Waals surface area contributed by atoms with Gasteiger partial charge in [-0.2, -0.15) is 0 Å². The fourth-order valence-electron chi connectivity index (χ4n) is 3.52. The van der Waals surface area contributed by atoms with Gasteiger partial charge in [-0.05, 0) is 35.3 Å². The number of aromatic nitrogens is 4. The Morgan fingerprint density at radius 3 is 2.75 bits per heavy atom. The van der Waals surface area contributed by atoms with E-state index in [0.29, 0.717) is 11.9 Å². The lowest BCUT2D eigenvalue weighted by Crippen LogP contribution is -2.35. The van der Waals surface area contributed by atoms with Crippen LogP contribution in [0.4, 0.5) is 0 Å². The van der Waals surface area contributed by atoms with Crippen LogP contribution in [0, 0.1) is 5.41 Å². The zero-order valence-electron chi connectivity index (χ0n) is 13.4. The van der Waals surface area contributed by atoms with E-state index in [0.717, 1.165) is 35.9 Å². The molecule has 0 saturated heterocycles. The molecule has 24 heavy (non-hydrogen) atoms. The van der Waals surface area contributed by atoms with Gasteiger partial charge in [0.25, 0.3) is 5.56 Å². The summed E-state index contributed by atoms with van der Waals surface area (Å²) in [4.78, 5) is 14.7. The quantitative estimate of drug-likeness (QED) is 0.750. The van der Waals surface area contributed by atoms with Crippen LogP contribution in [0.2, 0.25) is 0 Å². The number of hydrogen-bond acceptors (Lipinski definition) is 4. The minimum Gasteiger partial charge on any atom is -0.396 e. The van der Waals surface area contributed by atoms with E-state index in [2.05, 4.69) is 15.3 Å². The normalized spacial score (nSPS) is 16.2. The van der Waals surface area contributed by atoms with Crippen LogP contribution in [0.3, 0.4) is 0 Å². The first-order chi connectivity index (χ1) is 11.7. The van der Waals surface area contributed by atoms with Gasteiger partial charge in [0.05, 0.1) is 12.2 Å². The van der Waals surface area contributed by atoms with E-state index in [1.807, 2.05) is 30.5 Å². The zero-order valence-corrected chi connectivity index (χ0v) is 13.4. The SMILES string of the molecule is O=c1[nH]cc(Cn2cc(CC3(CO)CCC3)nn2)c2ccccc12. The highest BCUT2D eigenvalue weighted by molar-refractivity contribution is 5.84. The molecule has 124 valence electrons. The lowest BCUT2D eigenvalue weighted by atomic mass is 9.67. The van der Waals surface area contributed by atoms with Crippen LogP contribution in [0.15, 0.2) is 41.5 Å². The van der Waals surface area contributed by atoms with Crippen molar-refractivity contribution in [3.05, 3.63) is 58.3 Å². The number of aliphatic hydroxyl groups is 1. The molecule has 2 aromatic heterocycles. The second-order valence-electron chi connectivity index (χ2n) is 6.78. The highest BCUT2D eigenvalue weighted by Crippen LogP contribution is 2.42. The number of nitrogens with zero attached hydrogens (tertiary/aromatic N) is 3. The molecule has 1 fully saturated rings. The van der Waals surface area contributed by atoms with Crippen LogP contribution >= 0.6 is 0 Å². The van der Waals surface area contributed by atoms with Crippen molar-refractivity contribution >= 4 is 10.8 Å². The van der Waals surface area contributed by atoms with Gasteiger partial charge < -0.3 is 10.1 Å². The Bertz CT molecular complexity index is 918. The van der Waals surface area contributed by atoms with Gasteiger partial charge in [0.1, 0.15) is 0 Å². The maximum absolute atomic E-state index is 11.9. The largest absolute Gasteiger partial charge is 0.396 e. The Hall–Kier alpha value is -2.47. The topological polar surface area (TPSA) is 83.8 Å². The summed E-state index contributed by atoms with van der Waals surface area (Å²) < 4.78 is 1.79. The van der Waals surface area contributed by atoms with Crippen LogP contribution < -0.4 is 5.56 Å². The number of aliphatic hydroxyl groups excluding tert-OH is 1. The predicted molar refractivity (Wildman–Crippen MR) is 90.8 cm³/mol. The molecule has 0 aliphatic heterocycles. The van der Waals surface area contributed by atoms with Crippen LogP contribution in [-0.4, -0.2) is 31.7 Å². The van der Waals surface area contributed by atoms with Crippen molar-refractivity contribution in [2.24, 2.45) is 5.41 Å². The average molecular weight is 324 g/mol. The molecule has 4 rings (SSSR count). The van der Waals surface area contributed by atoms with Gasteiger partial charge in [-0.15, -0.1) is 5.10 Å². The Kier molecular flexibility index (Phi) is 3.69. The molecule has 6 nitrogen and oxygen atoms in total. The number of fused-ring (bicyclic) bond motifs is 1. The summed E-state index contributed by atoms with van der Waals surface area (Å²) in [7, 11) is 0. The molecular weight excluding hydrogens is 304 g/mol. The Morgan fingerprint density at radius 2 is 2.04 bits per heavy atom. The van der Waals surface area contributed by atoms with E-state index in [1.165, 1.54) is 6.42 Å². The Morgan fingerprint density at radius 1 is 1.25 bits per heavy atom. The Balaban J connectivity index is 1.58. The molecule has 1 aliphatic carbocycles. The van der Waals surface area contributed by atoms with Gasteiger partial charge in [0.2, 0.25) is 0 Å². The molecule has 2 N–H and O–H groups in total. The second kappa shape index (κ2) is 5.87. The number of pyridine rings is 1. The summed E-state index contributed by atoms with van der Waals surface area (Å²) in [6.45, 7) is 0.765. The van der Waals surface area contributed by atoms with Crippen molar-refractivity contribution in [3.8, 4) is 0 Å². The average Bonchev–Trinajstić information content (AvgIpc) is 3.01. The highest BCUT2D eigenvalue weighted by atomic mass is 16.3. The van der Waals surface area contributed by atoms with Crippen molar-refractivity contribution < 1.29 is 5.11 Å². The van der Waals surface area contributed by atoms with Crippen molar-refractivity contribution in [2.45, 2.75) is 32.2 Å². The van der Waals surface area contributed by atoms with Gasteiger partial charge in [0, 0.05) is 30.8 Å². The molecule has 0 spiro atoms. The minimum absolute atomic E-state index is 0.00550. The van der Waals surface area contributed by atoms with Crippen molar-refractivity contribution in [3.63, 3.8) is 0 Å².